The van der Waals surface area contributed by atoms with Crippen molar-refractivity contribution < 1.29 is 21.8 Å². The minimum atomic E-state index is -0.556. The van der Waals surface area contributed by atoms with E-state index in [2.05, 4.69) is 62.0 Å². The summed E-state index contributed by atoms with van der Waals surface area (Å²) in [6, 6.07) is 14.7. The van der Waals surface area contributed by atoms with Crippen molar-refractivity contribution in [3.05, 3.63) is 48.9 Å². The first kappa shape index (κ1) is 22.9. The van der Waals surface area contributed by atoms with Gasteiger partial charge in [-0.1, -0.05) is 49.8 Å². The number of fused-ring (bicyclic) bond motifs is 3. The molecule has 0 spiro atoms. The molecule has 0 heterocycles. The largest absolute Gasteiger partial charge is 0.168 e. The van der Waals surface area contributed by atoms with Gasteiger partial charge in [-0.3, -0.25) is 4.79 Å². The summed E-state index contributed by atoms with van der Waals surface area (Å²) in [5, 5.41) is 2.66. The third-order valence-corrected chi connectivity index (χ3v) is 4.53. The van der Waals surface area contributed by atoms with E-state index in [9.17, 15) is 4.79 Å². The summed E-state index contributed by atoms with van der Waals surface area (Å²) < 4.78 is 0. The van der Waals surface area contributed by atoms with E-state index >= 15 is 0 Å². The fourth-order valence-electron chi connectivity index (χ4n) is 3.35. The van der Waals surface area contributed by atoms with Gasteiger partial charge in [-0.05, 0) is 0 Å². The molecule has 2 radical (unpaired) electrons. The van der Waals surface area contributed by atoms with Crippen molar-refractivity contribution in [2.75, 3.05) is 0 Å². The van der Waals surface area contributed by atoms with Gasteiger partial charge in [-0.15, -0.1) is 29.7 Å². The molecule has 2 unspecified atom stereocenters. The van der Waals surface area contributed by atoms with Crippen LogP contribution in [-0.2, 0) is 21.8 Å². The average Bonchev–Trinajstić information content (AvgIpc) is 3.33. The van der Waals surface area contributed by atoms with Crippen molar-refractivity contribution in [2.24, 2.45) is 17.1 Å². The number of carbonyl (C=O) groups excluding carboxylic acids is 1. The van der Waals surface area contributed by atoms with Crippen LogP contribution in [0.5, 0.6) is 0 Å². The van der Waals surface area contributed by atoms with E-state index in [1.165, 1.54) is 17.2 Å². The van der Waals surface area contributed by atoms with Crippen LogP contribution in [-0.4, -0.2) is 15.4 Å². The maximum Gasteiger partial charge on any atom is -0.0809 e. The third-order valence-electron chi connectivity index (χ3n) is 4.53. The number of amides is 1. The van der Waals surface area contributed by atoms with E-state index in [1.54, 1.807) is 0 Å². The number of halogens is 2. The molecular formula is C19H25Cl2NOSiTi-2. The van der Waals surface area contributed by atoms with Crippen LogP contribution < -0.4 is 5.73 Å². The first-order valence-electron chi connectivity index (χ1n) is 8.32. The summed E-state index contributed by atoms with van der Waals surface area (Å²) in [6.07, 6.45) is 6.49. The van der Waals surface area contributed by atoms with Crippen LogP contribution in [0.15, 0.2) is 42.5 Å². The van der Waals surface area contributed by atoms with E-state index in [1.807, 2.05) is 0 Å². The summed E-state index contributed by atoms with van der Waals surface area (Å²) in [5.41, 5.74) is 5.12. The standard InChI is InChI=1S/C9H7.C8H12NO.C2H6Si.2ClH.Ti/c1-2-5-9-7-3-6-8(9)4-1;9-7(10)8-3-1-6(5-8)2-4-8;1-3-2;;;/h1-7H;3,6H,1-2,4-5H2,(H2,9,10);1-2H3;2*1H;/q2*-1;;;;+2/p-2. The number of rotatable bonds is 1. The van der Waals surface area contributed by atoms with Crippen LogP contribution in [0.3, 0.4) is 0 Å². The van der Waals surface area contributed by atoms with Crippen molar-refractivity contribution in [1.29, 1.82) is 0 Å². The number of primary amides is 1. The SMILES string of the molecule is C[Si]C.NC(=O)C12[CH-]CC(CC1)C2.[Cl][Ti][Cl].c1ccc2[cH-]ccc2c1. The van der Waals surface area contributed by atoms with Gasteiger partial charge < -0.3 is 12.2 Å². The molecule has 2 aromatic carbocycles. The van der Waals surface area contributed by atoms with Crippen LogP contribution in [0.2, 0.25) is 13.1 Å². The molecule has 0 aromatic heterocycles. The Bertz CT molecular complexity index is 594. The smallest absolute Gasteiger partial charge is 0.0809 e. The van der Waals surface area contributed by atoms with Gasteiger partial charge in [0, 0.05) is 9.52 Å². The molecule has 136 valence electrons. The van der Waals surface area contributed by atoms with E-state index in [0.717, 1.165) is 34.7 Å². The molecule has 2 aliphatic carbocycles. The molecule has 2 saturated carbocycles. The molecule has 2 aliphatic rings. The zero-order valence-corrected chi connectivity index (χ0v) is 18.8. The second kappa shape index (κ2) is 12.2. The Morgan fingerprint density at radius 2 is 1.96 bits per heavy atom. The van der Waals surface area contributed by atoms with Crippen molar-refractivity contribution >= 4 is 44.8 Å². The molecule has 4 rings (SSSR count). The Kier molecular flexibility index (Phi) is 11.2. The van der Waals surface area contributed by atoms with Crippen molar-refractivity contribution in [3.63, 3.8) is 0 Å². The Labute approximate surface area is 170 Å². The normalized spacial score (nSPS) is 22.6. The topological polar surface area (TPSA) is 43.1 Å². The number of nitrogens with two attached hydrogens (primary N) is 1. The molecule has 0 aliphatic heterocycles. The molecule has 2 N–H and O–H groups in total. The first-order valence-corrected chi connectivity index (χ1v) is 14.6. The Morgan fingerprint density at radius 1 is 1.32 bits per heavy atom. The molecule has 2 bridgehead atoms. The number of carbonyl (C=O) groups is 1. The molecular weight excluding hydrogens is 405 g/mol. The van der Waals surface area contributed by atoms with Crippen LogP contribution in [0, 0.1) is 17.8 Å². The summed E-state index contributed by atoms with van der Waals surface area (Å²) in [5.74, 6) is 0.667. The third kappa shape index (κ3) is 7.15. The zero-order chi connectivity index (χ0) is 18.7. The Hall–Kier alpha value is -0.189. The molecule has 1 amide bonds. The molecule has 6 heteroatoms. The van der Waals surface area contributed by atoms with Crippen LogP contribution in [0.1, 0.15) is 25.7 Å². The number of hydrogen-bond donors (Lipinski definition) is 1. The quantitative estimate of drug-likeness (QED) is 0.465. The van der Waals surface area contributed by atoms with Gasteiger partial charge in [0.2, 0.25) is 0 Å². The summed E-state index contributed by atoms with van der Waals surface area (Å²) in [4.78, 5) is 11.0. The molecule has 2 aromatic rings. The number of hydrogen-bond acceptors (Lipinski definition) is 1. The van der Waals surface area contributed by atoms with Gasteiger partial charge >= 0.3 is 35.6 Å². The Balaban J connectivity index is 0.000000193. The second-order valence-electron chi connectivity index (χ2n) is 6.30. The maximum absolute atomic E-state index is 11.0. The summed E-state index contributed by atoms with van der Waals surface area (Å²) in [6.45, 7) is 4.31. The predicted molar refractivity (Wildman–Crippen MR) is 107 cm³/mol. The molecule has 25 heavy (non-hydrogen) atoms. The van der Waals surface area contributed by atoms with Gasteiger partial charge in [0.05, 0.1) is 0 Å². The summed E-state index contributed by atoms with van der Waals surface area (Å²) >= 11 is -0.556. The van der Waals surface area contributed by atoms with Gasteiger partial charge in [-0.2, -0.15) is 23.9 Å². The predicted octanol–water partition coefficient (Wildman–Crippen LogP) is 5.59. The van der Waals surface area contributed by atoms with E-state index < -0.39 is 17.0 Å². The van der Waals surface area contributed by atoms with E-state index in [-0.39, 0.29) is 11.3 Å². The first-order chi connectivity index (χ1) is 12.0. The molecule has 2 nitrogen and oxygen atoms in total. The number of benzene rings is 1. The fraction of sp³-hybridized carbons (Fsp3) is 0.421. The minimum absolute atomic E-state index is 0.104. The zero-order valence-electron chi connectivity index (χ0n) is 14.8. The molecule has 2 atom stereocenters. The summed E-state index contributed by atoms with van der Waals surface area (Å²) in [7, 11) is 10.9. The van der Waals surface area contributed by atoms with Crippen LogP contribution in [0.25, 0.3) is 10.8 Å². The fourth-order valence-corrected chi connectivity index (χ4v) is 3.35. The van der Waals surface area contributed by atoms with Crippen LogP contribution in [0.4, 0.5) is 0 Å². The second-order valence-corrected chi connectivity index (χ2v) is 9.87. The van der Waals surface area contributed by atoms with E-state index in [4.69, 9.17) is 24.3 Å². The van der Waals surface area contributed by atoms with E-state index in [0.29, 0.717) is 0 Å². The molecule has 0 saturated heterocycles. The van der Waals surface area contributed by atoms with Crippen LogP contribution >= 0.6 is 18.6 Å². The van der Waals surface area contributed by atoms with Gasteiger partial charge in [0.1, 0.15) is 0 Å². The monoisotopic (exact) mass is 429 g/mol. The van der Waals surface area contributed by atoms with Gasteiger partial charge in [0.25, 0.3) is 0 Å². The minimum Gasteiger partial charge on any atom is -0.168 e. The Morgan fingerprint density at radius 3 is 2.36 bits per heavy atom. The van der Waals surface area contributed by atoms with Gasteiger partial charge in [0.15, 0.2) is 5.91 Å². The molecule has 2 fully saturated rings. The average molecular weight is 430 g/mol. The maximum atomic E-state index is 11.0. The van der Waals surface area contributed by atoms with Crippen molar-refractivity contribution in [1.82, 2.24) is 0 Å². The van der Waals surface area contributed by atoms with Crippen molar-refractivity contribution in [3.8, 4) is 0 Å². The van der Waals surface area contributed by atoms with Crippen molar-refractivity contribution in [2.45, 2.75) is 38.8 Å². The van der Waals surface area contributed by atoms with Gasteiger partial charge in [-0.25, -0.2) is 0 Å².